The van der Waals surface area contributed by atoms with Crippen LogP contribution in [0.5, 0.6) is 11.5 Å². The summed E-state index contributed by atoms with van der Waals surface area (Å²) in [7, 11) is 3.07. The molecule has 5 rings (SSSR count). The molecule has 2 N–H and O–H groups in total. The lowest BCUT2D eigenvalue weighted by atomic mass is 10.1. The van der Waals surface area contributed by atoms with Gasteiger partial charge in [-0.25, -0.2) is 9.97 Å². The number of carbonyl (C=O) groups is 1. The van der Waals surface area contributed by atoms with Gasteiger partial charge >= 0.3 is 0 Å². The van der Waals surface area contributed by atoms with Crippen molar-refractivity contribution in [2.75, 3.05) is 24.9 Å². The fourth-order valence-corrected chi connectivity index (χ4v) is 4.03. The molecule has 0 fully saturated rings. The molecule has 5 aromatic rings. The first-order valence-corrected chi connectivity index (χ1v) is 11.7. The molecule has 1 amide bonds. The van der Waals surface area contributed by atoms with Gasteiger partial charge in [0.2, 0.25) is 5.95 Å². The first-order valence-electron chi connectivity index (χ1n) is 11.7. The Labute approximate surface area is 214 Å². The molecule has 0 aliphatic carbocycles. The molecule has 0 saturated carbocycles. The van der Waals surface area contributed by atoms with Gasteiger partial charge in [0.15, 0.2) is 0 Å². The third kappa shape index (κ3) is 5.06. The van der Waals surface area contributed by atoms with Crippen LogP contribution >= 0.6 is 0 Å². The van der Waals surface area contributed by atoms with Gasteiger partial charge < -0.3 is 20.1 Å². The van der Waals surface area contributed by atoms with Gasteiger partial charge in [0.05, 0.1) is 36.9 Å². The quantitative estimate of drug-likeness (QED) is 0.303. The minimum Gasteiger partial charge on any atom is -0.497 e. The molecule has 2 heterocycles. The number of benzene rings is 3. The summed E-state index contributed by atoms with van der Waals surface area (Å²) >= 11 is 0. The Morgan fingerprint density at radius 1 is 0.946 bits per heavy atom. The molecule has 1 atom stereocenters. The molecule has 0 saturated heterocycles. The van der Waals surface area contributed by atoms with Gasteiger partial charge in [-0.1, -0.05) is 30.3 Å². The van der Waals surface area contributed by atoms with Crippen LogP contribution in [0.2, 0.25) is 0 Å². The number of amides is 1. The number of ether oxygens (including phenoxy) is 2. The summed E-state index contributed by atoms with van der Waals surface area (Å²) in [6.45, 7) is 2.06. The van der Waals surface area contributed by atoms with Crippen LogP contribution in [0.15, 0.2) is 85.3 Å². The normalized spacial score (nSPS) is 11.6. The molecule has 9 nitrogen and oxygen atoms in total. The number of methoxy groups -OCH3 is 2. The van der Waals surface area contributed by atoms with E-state index in [9.17, 15) is 4.79 Å². The first-order chi connectivity index (χ1) is 18.1. The highest BCUT2D eigenvalue weighted by Crippen LogP contribution is 2.26. The summed E-state index contributed by atoms with van der Waals surface area (Å²) in [6.07, 6.45) is 3.42. The predicted molar refractivity (Wildman–Crippen MR) is 143 cm³/mol. The van der Waals surface area contributed by atoms with E-state index in [1.165, 1.54) is 7.11 Å². The van der Waals surface area contributed by atoms with Crippen LogP contribution in [-0.2, 0) is 0 Å². The zero-order valence-electron chi connectivity index (χ0n) is 20.7. The third-order valence-corrected chi connectivity index (χ3v) is 5.99. The Kier molecular flexibility index (Phi) is 6.67. The van der Waals surface area contributed by atoms with Gasteiger partial charge in [0.25, 0.3) is 5.91 Å². The molecule has 3 aromatic carbocycles. The van der Waals surface area contributed by atoms with E-state index < -0.39 is 0 Å². The summed E-state index contributed by atoms with van der Waals surface area (Å²) < 4.78 is 12.5. The summed E-state index contributed by atoms with van der Waals surface area (Å²) in [5, 5.41) is 6.26. The first kappa shape index (κ1) is 23.8. The van der Waals surface area contributed by atoms with Crippen molar-refractivity contribution in [1.82, 2.24) is 19.5 Å². The summed E-state index contributed by atoms with van der Waals surface area (Å²) in [6, 6.07) is 22.6. The fraction of sp³-hybridized carbons (Fsp3) is 0.143. The van der Waals surface area contributed by atoms with E-state index in [0.717, 1.165) is 11.1 Å². The van der Waals surface area contributed by atoms with Crippen molar-refractivity contribution in [2.45, 2.75) is 13.0 Å². The molecule has 37 heavy (non-hydrogen) atoms. The predicted octanol–water partition coefficient (Wildman–Crippen LogP) is 5.26. The molecule has 2 aromatic heterocycles. The van der Waals surface area contributed by atoms with Crippen LogP contribution in [0.1, 0.15) is 28.9 Å². The van der Waals surface area contributed by atoms with E-state index in [2.05, 4.69) is 44.6 Å². The van der Waals surface area contributed by atoms with Crippen molar-refractivity contribution in [3.8, 4) is 17.3 Å². The van der Waals surface area contributed by atoms with E-state index in [4.69, 9.17) is 9.47 Å². The maximum absolute atomic E-state index is 13.0. The van der Waals surface area contributed by atoms with Gasteiger partial charge in [-0.2, -0.15) is 4.98 Å². The number of rotatable bonds is 8. The van der Waals surface area contributed by atoms with Gasteiger partial charge in [-0.3, -0.25) is 9.36 Å². The molecule has 0 bridgehead atoms. The van der Waals surface area contributed by atoms with E-state index >= 15 is 0 Å². The largest absolute Gasteiger partial charge is 0.497 e. The number of hydrogen-bond donors (Lipinski definition) is 2. The molecule has 9 heteroatoms. The average molecular weight is 495 g/mol. The minimum atomic E-state index is -0.311. The third-order valence-electron chi connectivity index (χ3n) is 5.99. The zero-order chi connectivity index (χ0) is 25.8. The molecule has 0 radical (unpaired) electrons. The number of hydrogen-bond acceptors (Lipinski definition) is 7. The summed E-state index contributed by atoms with van der Waals surface area (Å²) in [5.41, 5.74) is 3.68. The lowest BCUT2D eigenvalue weighted by molar-refractivity contribution is 0.102. The molecular formula is C28H26N6O3. The Bertz CT molecular complexity index is 1550. The van der Waals surface area contributed by atoms with Crippen LogP contribution in [0.3, 0.4) is 0 Å². The molecule has 186 valence electrons. The molecule has 0 aliphatic rings. The second-order valence-electron chi connectivity index (χ2n) is 8.35. The highest BCUT2D eigenvalue weighted by Gasteiger charge is 2.15. The van der Waals surface area contributed by atoms with Crippen molar-refractivity contribution in [3.63, 3.8) is 0 Å². The number of anilines is 2. The Morgan fingerprint density at radius 3 is 2.57 bits per heavy atom. The maximum Gasteiger partial charge on any atom is 0.259 e. The van der Waals surface area contributed by atoms with Gasteiger partial charge in [0, 0.05) is 11.9 Å². The van der Waals surface area contributed by atoms with Crippen molar-refractivity contribution in [3.05, 3.63) is 96.4 Å². The smallest absolute Gasteiger partial charge is 0.259 e. The van der Waals surface area contributed by atoms with Crippen LogP contribution in [0.4, 0.5) is 11.6 Å². The van der Waals surface area contributed by atoms with E-state index in [-0.39, 0.29) is 11.9 Å². The van der Waals surface area contributed by atoms with E-state index in [1.807, 2.05) is 47.0 Å². The van der Waals surface area contributed by atoms with E-state index in [0.29, 0.717) is 40.0 Å². The SMILES string of the molecule is COc1ccc(OC)c(C(=O)Nc2ccc3c(c2)ncn3-c2ccnc(N[C@@H](C)c3ccccc3)n2)c1. The molecule has 0 aliphatic heterocycles. The number of aromatic nitrogens is 4. The monoisotopic (exact) mass is 494 g/mol. The number of imidazole rings is 1. The second kappa shape index (κ2) is 10.4. The number of nitrogens with one attached hydrogen (secondary N) is 2. The fourth-order valence-electron chi connectivity index (χ4n) is 4.03. The van der Waals surface area contributed by atoms with E-state index in [1.54, 1.807) is 37.8 Å². The summed E-state index contributed by atoms with van der Waals surface area (Å²) in [4.78, 5) is 26.5. The number of fused-ring (bicyclic) bond motifs is 1. The zero-order valence-corrected chi connectivity index (χ0v) is 20.7. The number of nitrogens with zero attached hydrogens (tertiary/aromatic N) is 4. The Balaban J connectivity index is 1.37. The highest BCUT2D eigenvalue weighted by atomic mass is 16.5. The lowest BCUT2D eigenvalue weighted by Gasteiger charge is -2.14. The van der Waals surface area contributed by atoms with Gasteiger partial charge in [0.1, 0.15) is 23.6 Å². The van der Waals surface area contributed by atoms with Crippen molar-refractivity contribution < 1.29 is 14.3 Å². The highest BCUT2D eigenvalue weighted by molar-refractivity contribution is 6.07. The van der Waals surface area contributed by atoms with Crippen LogP contribution in [0, 0.1) is 0 Å². The minimum absolute atomic E-state index is 0.0466. The van der Waals surface area contributed by atoms with Crippen LogP contribution in [-0.4, -0.2) is 39.6 Å². The Morgan fingerprint density at radius 2 is 1.78 bits per heavy atom. The van der Waals surface area contributed by atoms with Crippen molar-refractivity contribution in [1.29, 1.82) is 0 Å². The number of carbonyl (C=O) groups excluding carboxylic acids is 1. The lowest BCUT2D eigenvalue weighted by Crippen LogP contribution is -2.13. The van der Waals surface area contributed by atoms with Gasteiger partial charge in [-0.05, 0) is 55.0 Å². The van der Waals surface area contributed by atoms with Crippen molar-refractivity contribution >= 4 is 28.6 Å². The standard InChI is InChI=1S/C28H26N6O3/c1-18(19-7-5-4-6-8-19)31-28-29-14-13-26(33-28)34-17-30-23-15-20(9-11-24(23)34)32-27(35)22-16-21(36-2)10-12-25(22)37-3/h4-18H,1-3H3,(H,32,35)(H,29,31,33)/t18-/m0/s1. The van der Waals surface area contributed by atoms with Crippen LogP contribution in [0.25, 0.3) is 16.9 Å². The van der Waals surface area contributed by atoms with Crippen molar-refractivity contribution in [2.24, 2.45) is 0 Å². The topological polar surface area (TPSA) is 103 Å². The second-order valence-corrected chi connectivity index (χ2v) is 8.35. The molecule has 0 unspecified atom stereocenters. The van der Waals surface area contributed by atoms with Gasteiger partial charge in [-0.15, -0.1) is 0 Å². The maximum atomic E-state index is 13.0. The average Bonchev–Trinajstić information content (AvgIpc) is 3.36. The Hall–Kier alpha value is -4.92. The van der Waals surface area contributed by atoms with Crippen LogP contribution < -0.4 is 20.1 Å². The summed E-state index contributed by atoms with van der Waals surface area (Å²) in [5.74, 6) is 1.91. The molecular weight excluding hydrogens is 468 g/mol. The molecule has 0 spiro atoms.